The quantitative estimate of drug-likeness (QED) is 0.918. The third-order valence-corrected chi connectivity index (χ3v) is 3.84. The van der Waals surface area contributed by atoms with E-state index in [-0.39, 0.29) is 5.54 Å². The molecule has 1 aromatic rings. The maximum atomic E-state index is 4.75. The van der Waals surface area contributed by atoms with Gasteiger partial charge in [0.2, 0.25) is 0 Å². The molecular formula is C16H29N5. The standard InChI is InChI=1S/C16H29N5/c1-13(2)20-6-8-21(9-7-20)15-12-17-10-14(19-15)11-18-16(3,4)5/h10,12-13,18H,6-9,11H2,1-5H3. The zero-order valence-electron chi connectivity index (χ0n) is 14.1. The Balaban J connectivity index is 1.95. The summed E-state index contributed by atoms with van der Waals surface area (Å²) >= 11 is 0. The van der Waals surface area contributed by atoms with Crippen molar-refractivity contribution in [3.05, 3.63) is 18.1 Å². The Morgan fingerprint density at radius 3 is 2.38 bits per heavy atom. The third-order valence-electron chi connectivity index (χ3n) is 3.84. The van der Waals surface area contributed by atoms with Crippen LogP contribution >= 0.6 is 0 Å². The molecule has 1 aliphatic rings. The Labute approximate surface area is 128 Å². The van der Waals surface area contributed by atoms with Gasteiger partial charge in [-0.15, -0.1) is 0 Å². The van der Waals surface area contributed by atoms with Crippen LogP contribution in [-0.4, -0.2) is 52.6 Å². The number of aromatic nitrogens is 2. The largest absolute Gasteiger partial charge is 0.353 e. The van der Waals surface area contributed by atoms with Crippen LogP contribution in [0.2, 0.25) is 0 Å². The van der Waals surface area contributed by atoms with Gasteiger partial charge < -0.3 is 10.2 Å². The predicted molar refractivity (Wildman–Crippen MR) is 87.5 cm³/mol. The summed E-state index contributed by atoms with van der Waals surface area (Å²) in [5, 5.41) is 3.46. The second kappa shape index (κ2) is 6.71. The molecule has 2 heterocycles. The van der Waals surface area contributed by atoms with E-state index in [0.717, 1.165) is 44.2 Å². The van der Waals surface area contributed by atoms with E-state index in [4.69, 9.17) is 4.98 Å². The van der Waals surface area contributed by atoms with Gasteiger partial charge in [-0.25, -0.2) is 4.98 Å². The average Bonchev–Trinajstić information content (AvgIpc) is 2.45. The first kappa shape index (κ1) is 16.2. The molecule has 0 radical (unpaired) electrons. The minimum atomic E-state index is 0.0978. The highest BCUT2D eigenvalue weighted by atomic mass is 15.3. The van der Waals surface area contributed by atoms with Gasteiger partial charge in [0.15, 0.2) is 0 Å². The summed E-state index contributed by atoms with van der Waals surface area (Å²) in [7, 11) is 0. The Morgan fingerprint density at radius 2 is 1.81 bits per heavy atom. The van der Waals surface area contributed by atoms with E-state index in [1.165, 1.54) is 0 Å². The van der Waals surface area contributed by atoms with E-state index in [1.54, 1.807) is 0 Å². The first-order chi connectivity index (χ1) is 9.85. The SMILES string of the molecule is CC(C)N1CCN(c2cncc(CNC(C)(C)C)n2)CC1. The summed E-state index contributed by atoms with van der Waals surface area (Å²) in [5.41, 5.74) is 1.11. The molecule has 0 atom stereocenters. The Kier molecular flexibility index (Phi) is 5.17. The molecule has 0 amide bonds. The highest BCUT2D eigenvalue weighted by Crippen LogP contribution is 2.14. The maximum Gasteiger partial charge on any atom is 0.147 e. The molecule has 0 unspecified atom stereocenters. The van der Waals surface area contributed by atoms with Crippen molar-refractivity contribution in [2.75, 3.05) is 31.1 Å². The number of nitrogens with one attached hydrogen (secondary N) is 1. The first-order valence-corrected chi connectivity index (χ1v) is 7.90. The lowest BCUT2D eigenvalue weighted by Crippen LogP contribution is -2.49. The van der Waals surface area contributed by atoms with Crippen LogP contribution in [0.15, 0.2) is 12.4 Å². The van der Waals surface area contributed by atoms with Crippen LogP contribution in [0.25, 0.3) is 0 Å². The van der Waals surface area contributed by atoms with Crippen molar-refractivity contribution in [2.24, 2.45) is 0 Å². The van der Waals surface area contributed by atoms with E-state index in [1.807, 2.05) is 12.4 Å². The summed E-state index contributed by atoms with van der Waals surface area (Å²) in [5.74, 6) is 1.01. The van der Waals surface area contributed by atoms with E-state index in [9.17, 15) is 0 Å². The fraction of sp³-hybridized carbons (Fsp3) is 0.750. The number of hydrogen-bond acceptors (Lipinski definition) is 5. The van der Waals surface area contributed by atoms with Gasteiger partial charge in [-0.3, -0.25) is 9.88 Å². The highest BCUT2D eigenvalue weighted by Gasteiger charge is 2.20. The number of nitrogens with zero attached hydrogens (tertiary/aromatic N) is 4. The molecule has 118 valence electrons. The molecule has 21 heavy (non-hydrogen) atoms. The van der Waals surface area contributed by atoms with Crippen LogP contribution in [0.4, 0.5) is 5.82 Å². The van der Waals surface area contributed by atoms with Gasteiger partial charge >= 0.3 is 0 Å². The zero-order chi connectivity index (χ0) is 15.5. The Hall–Kier alpha value is -1.20. The number of hydrogen-bond donors (Lipinski definition) is 1. The fourth-order valence-electron chi connectivity index (χ4n) is 2.46. The average molecular weight is 291 g/mol. The summed E-state index contributed by atoms with van der Waals surface area (Å²) in [6, 6.07) is 0.626. The highest BCUT2D eigenvalue weighted by molar-refractivity contribution is 5.37. The van der Waals surface area contributed by atoms with Crippen molar-refractivity contribution in [2.45, 2.75) is 52.7 Å². The second-order valence-electron chi connectivity index (χ2n) is 7.09. The molecule has 5 nitrogen and oxygen atoms in total. The van der Waals surface area contributed by atoms with Crippen LogP contribution in [0.3, 0.4) is 0 Å². The van der Waals surface area contributed by atoms with Crippen LogP contribution < -0.4 is 10.2 Å². The first-order valence-electron chi connectivity index (χ1n) is 7.90. The van der Waals surface area contributed by atoms with E-state index in [2.05, 4.69) is 54.7 Å². The smallest absolute Gasteiger partial charge is 0.147 e. The van der Waals surface area contributed by atoms with Crippen molar-refractivity contribution in [1.82, 2.24) is 20.2 Å². The van der Waals surface area contributed by atoms with Crippen molar-refractivity contribution in [1.29, 1.82) is 0 Å². The molecular weight excluding hydrogens is 262 g/mol. The van der Waals surface area contributed by atoms with Crippen LogP contribution in [0.1, 0.15) is 40.3 Å². The van der Waals surface area contributed by atoms with Gasteiger partial charge in [0, 0.05) is 50.5 Å². The molecule has 1 aromatic heterocycles. The van der Waals surface area contributed by atoms with E-state index < -0.39 is 0 Å². The van der Waals surface area contributed by atoms with Crippen molar-refractivity contribution >= 4 is 5.82 Å². The van der Waals surface area contributed by atoms with Gasteiger partial charge in [-0.1, -0.05) is 0 Å². The maximum absolute atomic E-state index is 4.75. The van der Waals surface area contributed by atoms with Crippen LogP contribution in [0.5, 0.6) is 0 Å². The molecule has 2 rings (SSSR count). The van der Waals surface area contributed by atoms with Gasteiger partial charge in [-0.05, 0) is 34.6 Å². The predicted octanol–water partition coefficient (Wildman–Crippen LogP) is 1.90. The number of piperazine rings is 1. The number of rotatable bonds is 4. The lowest BCUT2D eigenvalue weighted by molar-refractivity contribution is 0.209. The number of anilines is 1. The van der Waals surface area contributed by atoms with E-state index >= 15 is 0 Å². The normalized spacial score (nSPS) is 17.5. The van der Waals surface area contributed by atoms with E-state index in [0.29, 0.717) is 6.04 Å². The third kappa shape index (κ3) is 4.93. The van der Waals surface area contributed by atoms with Gasteiger partial charge in [0.25, 0.3) is 0 Å². The minimum Gasteiger partial charge on any atom is -0.353 e. The monoisotopic (exact) mass is 291 g/mol. The molecule has 1 aliphatic heterocycles. The van der Waals surface area contributed by atoms with Crippen LogP contribution in [0, 0.1) is 0 Å². The lowest BCUT2D eigenvalue weighted by atomic mass is 10.1. The van der Waals surface area contributed by atoms with Crippen molar-refractivity contribution < 1.29 is 0 Å². The topological polar surface area (TPSA) is 44.3 Å². The molecule has 0 saturated carbocycles. The summed E-state index contributed by atoms with van der Waals surface area (Å²) in [6.45, 7) is 16.0. The van der Waals surface area contributed by atoms with Gasteiger partial charge in [0.1, 0.15) is 5.82 Å². The van der Waals surface area contributed by atoms with Crippen LogP contribution in [-0.2, 0) is 6.54 Å². The lowest BCUT2D eigenvalue weighted by Gasteiger charge is -2.37. The van der Waals surface area contributed by atoms with Crippen molar-refractivity contribution in [3.63, 3.8) is 0 Å². The molecule has 0 bridgehead atoms. The molecule has 5 heteroatoms. The molecule has 1 N–H and O–H groups in total. The molecule has 0 aliphatic carbocycles. The molecule has 1 fully saturated rings. The molecule has 0 spiro atoms. The summed E-state index contributed by atoms with van der Waals surface area (Å²) < 4.78 is 0. The van der Waals surface area contributed by atoms with Gasteiger partial charge in [-0.2, -0.15) is 0 Å². The Morgan fingerprint density at radius 1 is 1.14 bits per heavy atom. The van der Waals surface area contributed by atoms with Crippen molar-refractivity contribution in [3.8, 4) is 0 Å². The summed E-state index contributed by atoms with van der Waals surface area (Å²) in [4.78, 5) is 14.0. The minimum absolute atomic E-state index is 0.0978. The molecule has 0 aromatic carbocycles. The molecule has 1 saturated heterocycles. The second-order valence-corrected chi connectivity index (χ2v) is 7.09. The Bertz CT molecular complexity index is 444. The zero-order valence-corrected chi connectivity index (χ0v) is 14.1. The van der Waals surface area contributed by atoms with Gasteiger partial charge in [0.05, 0.1) is 11.9 Å². The summed E-state index contributed by atoms with van der Waals surface area (Å²) in [6.07, 6.45) is 3.73. The fourth-order valence-corrected chi connectivity index (χ4v) is 2.46.